The predicted octanol–water partition coefficient (Wildman–Crippen LogP) is 7.39. The van der Waals surface area contributed by atoms with Crippen LogP contribution in [0.1, 0.15) is 105 Å². The Labute approximate surface area is 174 Å². The Morgan fingerprint density at radius 2 is 1.71 bits per heavy atom. The van der Waals surface area contributed by atoms with Crippen LogP contribution in [0.15, 0.2) is 11.6 Å². The van der Waals surface area contributed by atoms with Crippen LogP contribution in [0.3, 0.4) is 0 Å². The third kappa shape index (κ3) is 3.42. The highest BCUT2D eigenvalue weighted by Crippen LogP contribution is 2.68. The third-order valence-corrected chi connectivity index (χ3v) is 10.3. The normalized spacial score (nSPS) is 46.5. The average Bonchev–Trinajstić information content (AvgIpc) is 2.98. The lowest BCUT2D eigenvalue weighted by Gasteiger charge is -2.60. The SMILES string of the molecule is CC(C)CCCC(C)C1CCC2C3CC=C4CC(O)CCC4C3(C)CCC12C. The topological polar surface area (TPSA) is 20.2 Å². The zero-order valence-electron chi connectivity index (χ0n) is 19.3. The molecular formula is C27H46O. The highest BCUT2D eigenvalue weighted by Gasteiger charge is 2.60. The van der Waals surface area contributed by atoms with Gasteiger partial charge in [-0.1, -0.05) is 65.5 Å². The maximum Gasteiger partial charge on any atom is 0.0577 e. The van der Waals surface area contributed by atoms with Gasteiger partial charge in [-0.15, -0.1) is 0 Å². The van der Waals surface area contributed by atoms with E-state index in [9.17, 15) is 5.11 Å². The van der Waals surface area contributed by atoms with Gasteiger partial charge in [-0.05, 0) is 97.7 Å². The maximum atomic E-state index is 10.2. The van der Waals surface area contributed by atoms with Crippen molar-refractivity contribution in [2.24, 2.45) is 46.3 Å². The van der Waals surface area contributed by atoms with Gasteiger partial charge in [-0.3, -0.25) is 0 Å². The molecule has 8 atom stereocenters. The van der Waals surface area contributed by atoms with Crippen molar-refractivity contribution in [1.29, 1.82) is 0 Å². The lowest BCUT2D eigenvalue weighted by molar-refractivity contribution is -0.0834. The van der Waals surface area contributed by atoms with Gasteiger partial charge >= 0.3 is 0 Å². The van der Waals surface area contributed by atoms with Gasteiger partial charge in [-0.25, -0.2) is 0 Å². The third-order valence-electron chi connectivity index (χ3n) is 10.3. The molecule has 28 heavy (non-hydrogen) atoms. The minimum Gasteiger partial charge on any atom is -0.393 e. The summed E-state index contributed by atoms with van der Waals surface area (Å²) in [7, 11) is 0. The number of hydrogen-bond donors (Lipinski definition) is 1. The number of allylic oxidation sites excluding steroid dienone is 1. The minimum atomic E-state index is -0.0703. The molecule has 4 aliphatic rings. The molecule has 1 nitrogen and oxygen atoms in total. The molecule has 0 aromatic carbocycles. The monoisotopic (exact) mass is 386 g/mol. The van der Waals surface area contributed by atoms with Crippen LogP contribution in [0, 0.1) is 46.3 Å². The van der Waals surface area contributed by atoms with Crippen LogP contribution in [0.2, 0.25) is 0 Å². The number of aliphatic hydroxyl groups is 1. The summed E-state index contributed by atoms with van der Waals surface area (Å²) in [5, 5.41) is 10.2. The summed E-state index contributed by atoms with van der Waals surface area (Å²) >= 11 is 0. The van der Waals surface area contributed by atoms with E-state index in [1.165, 1.54) is 57.8 Å². The summed E-state index contributed by atoms with van der Waals surface area (Å²) in [5.74, 6) is 5.30. The van der Waals surface area contributed by atoms with Crippen molar-refractivity contribution in [3.05, 3.63) is 11.6 Å². The van der Waals surface area contributed by atoms with Crippen molar-refractivity contribution in [1.82, 2.24) is 0 Å². The van der Waals surface area contributed by atoms with E-state index in [0.717, 1.165) is 48.3 Å². The van der Waals surface area contributed by atoms with Crippen LogP contribution < -0.4 is 0 Å². The Balaban J connectivity index is 1.50. The summed E-state index contributed by atoms with van der Waals surface area (Å²) in [6.07, 6.45) is 17.2. The highest BCUT2D eigenvalue weighted by atomic mass is 16.3. The molecule has 0 spiro atoms. The quantitative estimate of drug-likeness (QED) is 0.488. The predicted molar refractivity (Wildman–Crippen MR) is 119 cm³/mol. The fourth-order valence-electron chi connectivity index (χ4n) is 8.68. The molecule has 1 N–H and O–H groups in total. The molecule has 1 heteroatoms. The van der Waals surface area contributed by atoms with Gasteiger partial charge < -0.3 is 5.11 Å². The minimum absolute atomic E-state index is 0.0703. The van der Waals surface area contributed by atoms with Crippen LogP contribution in [-0.4, -0.2) is 11.2 Å². The maximum absolute atomic E-state index is 10.2. The van der Waals surface area contributed by atoms with Crippen molar-refractivity contribution in [2.45, 2.75) is 111 Å². The first kappa shape index (κ1) is 21.0. The second kappa shape index (κ2) is 7.75. The summed E-state index contributed by atoms with van der Waals surface area (Å²) in [6.45, 7) is 12.7. The zero-order chi connectivity index (χ0) is 20.1. The van der Waals surface area contributed by atoms with Gasteiger partial charge in [0, 0.05) is 0 Å². The largest absolute Gasteiger partial charge is 0.393 e. The molecule has 0 heterocycles. The van der Waals surface area contributed by atoms with Gasteiger partial charge in [0.1, 0.15) is 0 Å². The lowest BCUT2D eigenvalue weighted by Crippen LogP contribution is -2.52. The van der Waals surface area contributed by atoms with Crippen molar-refractivity contribution in [2.75, 3.05) is 0 Å². The van der Waals surface area contributed by atoms with E-state index in [4.69, 9.17) is 0 Å². The van der Waals surface area contributed by atoms with Crippen molar-refractivity contribution < 1.29 is 5.11 Å². The van der Waals surface area contributed by atoms with Gasteiger partial charge in [0.05, 0.1) is 6.10 Å². The van der Waals surface area contributed by atoms with E-state index in [0.29, 0.717) is 10.8 Å². The Morgan fingerprint density at radius 1 is 0.964 bits per heavy atom. The van der Waals surface area contributed by atoms with E-state index >= 15 is 0 Å². The fraction of sp³-hybridized carbons (Fsp3) is 0.926. The zero-order valence-corrected chi connectivity index (χ0v) is 19.3. The molecule has 0 aromatic heterocycles. The first-order valence-electron chi connectivity index (χ1n) is 12.6. The molecule has 4 rings (SSSR count). The first-order chi connectivity index (χ1) is 13.3. The number of aliphatic hydroxyl groups excluding tert-OH is 1. The molecule has 0 bridgehead atoms. The van der Waals surface area contributed by atoms with Crippen molar-refractivity contribution >= 4 is 0 Å². The summed E-state index contributed by atoms with van der Waals surface area (Å²) in [5.41, 5.74) is 2.71. The molecule has 8 unspecified atom stereocenters. The number of hydrogen-bond acceptors (Lipinski definition) is 1. The molecule has 0 saturated heterocycles. The molecule has 3 saturated carbocycles. The Bertz CT molecular complexity index is 591. The van der Waals surface area contributed by atoms with Gasteiger partial charge in [0.2, 0.25) is 0 Å². The highest BCUT2D eigenvalue weighted by molar-refractivity contribution is 5.23. The van der Waals surface area contributed by atoms with E-state index in [2.05, 4.69) is 40.7 Å². The number of rotatable bonds is 5. The van der Waals surface area contributed by atoms with Gasteiger partial charge in [0.15, 0.2) is 0 Å². The van der Waals surface area contributed by atoms with Crippen LogP contribution in [0.5, 0.6) is 0 Å². The Morgan fingerprint density at radius 3 is 2.46 bits per heavy atom. The lowest BCUT2D eigenvalue weighted by atomic mass is 9.45. The first-order valence-corrected chi connectivity index (χ1v) is 12.6. The summed E-state index contributed by atoms with van der Waals surface area (Å²) in [4.78, 5) is 0. The molecule has 0 aromatic rings. The van der Waals surface area contributed by atoms with Crippen LogP contribution >= 0.6 is 0 Å². The average molecular weight is 387 g/mol. The molecule has 0 aliphatic heterocycles. The molecule has 3 fully saturated rings. The smallest absolute Gasteiger partial charge is 0.0577 e. The van der Waals surface area contributed by atoms with Gasteiger partial charge in [-0.2, -0.15) is 0 Å². The van der Waals surface area contributed by atoms with Crippen LogP contribution in [0.4, 0.5) is 0 Å². The standard InChI is InChI=1S/C27H46O/c1-18(2)7-6-8-19(3)22-13-14-25-24-11-9-20-17-21(28)10-12-23(20)27(24,5)16-15-26(22,25)4/h9,18-19,21-25,28H,6-8,10-17H2,1-5H3. The summed E-state index contributed by atoms with van der Waals surface area (Å²) in [6, 6.07) is 0. The van der Waals surface area contributed by atoms with Crippen molar-refractivity contribution in [3.63, 3.8) is 0 Å². The second-order valence-corrected chi connectivity index (χ2v) is 12.2. The molecular weight excluding hydrogens is 340 g/mol. The van der Waals surface area contributed by atoms with E-state index in [1.54, 1.807) is 5.57 Å². The number of fused-ring (bicyclic) bond motifs is 5. The van der Waals surface area contributed by atoms with Crippen LogP contribution in [-0.2, 0) is 0 Å². The summed E-state index contributed by atoms with van der Waals surface area (Å²) < 4.78 is 0. The Kier molecular flexibility index (Phi) is 5.80. The van der Waals surface area contributed by atoms with Gasteiger partial charge in [0.25, 0.3) is 0 Å². The van der Waals surface area contributed by atoms with E-state index in [-0.39, 0.29) is 6.10 Å². The Hall–Kier alpha value is -0.300. The molecule has 0 amide bonds. The van der Waals surface area contributed by atoms with Crippen molar-refractivity contribution in [3.8, 4) is 0 Å². The molecule has 4 aliphatic carbocycles. The molecule has 0 radical (unpaired) electrons. The second-order valence-electron chi connectivity index (χ2n) is 12.2. The van der Waals surface area contributed by atoms with E-state index in [1.807, 2.05) is 0 Å². The van der Waals surface area contributed by atoms with Crippen LogP contribution in [0.25, 0.3) is 0 Å². The fourth-order valence-corrected chi connectivity index (χ4v) is 8.68. The molecule has 160 valence electrons. The van der Waals surface area contributed by atoms with E-state index < -0.39 is 0 Å².